The molecule has 7 nitrogen and oxygen atoms in total. The number of pyridine rings is 1. The van der Waals surface area contributed by atoms with Crippen molar-refractivity contribution in [2.45, 2.75) is 19.4 Å². The second-order valence-corrected chi connectivity index (χ2v) is 5.23. The molecule has 1 unspecified atom stereocenters. The van der Waals surface area contributed by atoms with Gasteiger partial charge in [0, 0.05) is 6.07 Å². The quantitative estimate of drug-likeness (QED) is 0.650. The van der Waals surface area contributed by atoms with Crippen molar-refractivity contribution < 1.29 is 14.4 Å². The first kappa shape index (κ1) is 15.3. The third-order valence-electron chi connectivity index (χ3n) is 2.91. The van der Waals surface area contributed by atoms with Crippen molar-refractivity contribution >= 4 is 23.1 Å². The molecular weight excluding hydrogens is 298 g/mol. The van der Waals surface area contributed by atoms with Gasteiger partial charge >= 0.3 is 0 Å². The van der Waals surface area contributed by atoms with Gasteiger partial charge in [-0.05, 0) is 26.0 Å². The Morgan fingerprint density at radius 2 is 2.29 bits per heavy atom. The van der Waals surface area contributed by atoms with E-state index < -0.39 is 10.5 Å². The SMILES string of the molecule is Cc1ccc(C(C)(O)CNc2ncc([N+](=O)[O-])cc2Cl)o1. The third kappa shape index (κ3) is 3.50. The van der Waals surface area contributed by atoms with Crippen LogP contribution in [0.3, 0.4) is 0 Å². The Morgan fingerprint density at radius 1 is 1.57 bits per heavy atom. The monoisotopic (exact) mass is 311 g/mol. The molecule has 8 heteroatoms. The van der Waals surface area contributed by atoms with E-state index in [0.29, 0.717) is 11.5 Å². The van der Waals surface area contributed by atoms with Crippen LogP contribution in [0.4, 0.5) is 11.5 Å². The number of aryl methyl sites for hydroxylation is 1. The van der Waals surface area contributed by atoms with Crippen LogP contribution in [0.5, 0.6) is 0 Å². The van der Waals surface area contributed by atoms with Crippen molar-refractivity contribution in [3.05, 3.63) is 51.1 Å². The van der Waals surface area contributed by atoms with Crippen molar-refractivity contribution in [2.75, 3.05) is 11.9 Å². The maximum Gasteiger partial charge on any atom is 0.289 e. The zero-order chi connectivity index (χ0) is 15.6. The van der Waals surface area contributed by atoms with Gasteiger partial charge in [-0.25, -0.2) is 4.98 Å². The number of halogens is 1. The second-order valence-electron chi connectivity index (χ2n) is 4.82. The van der Waals surface area contributed by atoms with E-state index in [1.54, 1.807) is 26.0 Å². The molecule has 2 heterocycles. The van der Waals surface area contributed by atoms with Gasteiger partial charge in [0.1, 0.15) is 29.1 Å². The van der Waals surface area contributed by atoms with E-state index in [4.69, 9.17) is 16.0 Å². The molecule has 0 saturated heterocycles. The van der Waals surface area contributed by atoms with Crippen LogP contribution in [0.1, 0.15) is 18.4 Å². The van der Waals surface area contributed by atoms with E-state index in [2.05, 4.69) is 10.3 Å². The van der Waals surface area contributed by atoms with Gasteiger partial charge in [0.25, 0.3) is 5.69 Å². The van der Waals surface area contributed by atoms with Crippen molar-refractivity contribution in [1.29, 1.82) is 0 Å². The smallest absolute Gasteiger partial charge is 0.289 e. The lowest BCUT2D eigenvalue weighted by atomic mass is 10.0. The predicted molar refractivity (Wildman–Crippen MR) is 77.4 cm³/mol. The molecule has 2 N–H and O–H groups in total. The van der Waals surface area contributed by atoms with Crippen molar-refractivity contribution in [1.82, 2.24) is 4.98 Å². The minimum Gasteiger partial charge on any atom is -0.463 e. The molecule has 1 atom stereocenters. The summed E-state index contributed by atoms with van der Waals surface area (Å²) in [7, 11) is 0. The van der Waals surface area contributed by atoms with Crippen molar-refractivity contribution in [3.63, 3.8) is 0 Å². The van der Waals surface area contributed by atoms with Gasteiger partial charge in [-0.3, -0.25) is 10.1 Å². The van der Waals surface area contributed by atoms with E-state index in [9.17, 15) is 15.2 Å². The van der Waals surface area contributed by atoms with E-state index in [-0.39, 0.29) is 23.1 Å². The molecular formula is C13H14ClN3O4. The first-order valence-electron chi connectivity index (χ1n) is 6.13. The highest BCUT2D eigenvalue weighted by Crippen LogP contribution is 2.27. The van der Waals surface area contributed by atoms with Crippen LogP contribution < -0.4 is 5.32 Å². The van der Waals surface area contributed by atoms with Gasteiger partial charge in [0.2, 0.25) is 0 Å². The molecule has 0 aliphatic rings. The number of nitrogens with one attached hydrogen (secondary N) is 1. The van der Waals surface area contributed by atoms with Crippen molar-refractivity contribution in [3.8, 4) is 0 Å². The molecule has 0 aromatic carbocycles. The molecule has 0 radical (unpaired) electrons. The molecule has 0 aliphatic carbocycles. The predicted octanol–water partition coefficient (Wildman–Crippen LogP) is 2.86. The number of nitrogens with zero attached hydrogens (tertiary/aromatic N) is 2. The second kappa shape index (κ2) is 5.71. The first-order valence-corrected chi connectivity index (χ1v) is 6.50. The Balaban J connectivity index is 2.10. The topological polar surface area (TPSA) is 101 Å². The number of anilines is 1. The Bertz CT molecular complexity index is 669. The molecule has 2 rings (SSSR count). The molecule has 0 fully saturated rings. The lowest BCUT2D eigenvalue weighted by Gasteiger charge is -2.21. The molecule has 0 aliphatic heterocycles. The minimum absolute atomic E-state index is 0.0878. The summed E-state index contributed by atoms with van der Waals surface area (Å²) < 4.78 is 5.38. The first-order chi connectivity index (χ1) is 9.79. The molecule has 0 bridgehead atoms. The molecule has 0 saturated carbocycles. The summed E-state index contributed by atoms with van der Waals surface area (Å²) in [5.74, 6) is 1.35. The maximum absolute atomic E-state index is 10.6. The third-order valence-corrected chi connectivity index (χ3v) is 3.20. The molecule has 0 spiro atoms. The fourth-order valence-corrected chi connectivity index (χ4v) is 1.95. The highest BCUT2D eigenvalue weighted by atomic mass is 35.5. The average Bonchev–Trinajstić information content (AvgIpc) is 2.84. The van der Waals surface area contributed by atoms with Gasteiger partial charge in [-0.2, -0.15) is 0 Å². The number of hydrogen-bond acceptors (Lipinski definition) is 6. The number of furan rings is 1. The van der Waals surface area contributed by atoms with Gasteiger partial charge < -0.3 is 14.8 Å². The van der Waals surface area contributed by atoms with Crippen molar-refractivity contribution in [2.24, 2.45) is 0 Å². The summed E-state index contributed by atoms with van der Waals surface area (Å²) in [5, 5.41) is 23.9. The van der Waals surface area contributed by atoms with Crippen LogP contribution in [-0.2, 0) is 5.60 Å². The Kier molecular flexibility index (Phi) is 4.15. The average molecular weight is 312 g/mol. The maximum atomic E-state index is 10.6. The van der Waals surface area contributed by atoms with E-state index in [1.807, 2.05) is 0 Å². The standard InChI is InChI=1S/C13H14ClN3O4/c1-8-3-4-11(21-8)13(2,18)7-16-12-10(14)5-9(6-15-12)17(19)20/h3-6,18H,7H2,1-2H3,(H,15,16). The summed E-state index contributed by atoms with van der Waals surface area (Å²) >= 11 is 5.92. The molecule has 112 valence electrons. The Labute approximate surface area is 125 Å². The van der Waals surface area contributed by atoms with Crippen LogP contribution in [-0.4, -0.2) is 21.6 Å². The normalized spacial score (nSPS) is 13.7. The number of hydrogen-bond donors (Lipinski definition) is 2. The zero-order valence-electron chi connectivity index (χ0n) is 11.5. The van der Waals surface area contributed by atoms with Crippen LogP contribution in [0, 0.1) is 17.0 Å². The number of rotatable bonds is 5. The number of aliphatic hydroxyl groups is 1. The van der Waals surface area contributed by atoms with Crippen LogP contribution in [0.2, 0.25) is 5.02 Å². The van der Waals surface area contributed by atoms with Gasteiger partial charge in [-0.15, -0.1) is 0 Å². The molecule has 0 amide bonds. The van der Waals surface area contributed by atoms with Crippen LogP contribution >= 0.6 is 11.6 Å². The summed E-state index contributed by atoms with van der Waals surface area (Å²) in [6.45, 7) is 3.45. The summed E-state index contributed by atoms with van der Waals surface area (Å²) in [6, 6.07) is 4.63. The van der Waals surface area contributed by atoms with E-state index in [0.717, 1.165) is 6.20 Å². The Morgan fingerprint density at radius 3 is 2.81 bits per heavy atom. The van der Waals surface area contributed by atoms with Gasteiger partial charge in [0.15, 0.2) is 0 Å². The molecule has 2 aromatic heterocycles. The van der Waals surface area contributed by atoms with Crippen LogP contribution in [0.25, 0.3) is 0 Å². The highest BCUT2D eigenvalue weighted by molar-refractivity contribution is 6.33. The van der Waals surface area contributed by atoms with Crippen LogP contribution in [0.15, 0.2) is 28.8 Å². The molecule has 2 aromatic rings. The summed E-state index contributed by atoms with van der Waals surface area (Å²) in [6.07, 6.45) is 1.10. The lowest BCUT2D eigenvalue weighted by Crippen LogP contribution is -2.30. The fraction of sp³-hybridized carbons (Fsp3) is 0.308. The van der Waals surface area contributed by atoms with Gasteiger partial charge in [-0.1, -0.05) is 11.6 Å². The number of nitro groups is 1. The van der Waals surface area contributed by atoms with E-state index in [1.165, 1.54) is 6.07 Å². The largest absolute Gasteiger partial charge is 0.463 e. The molecule has 21 heavy (non-hydrogen) atoms. The summed E-state index contributed by atoms with van der Waals surface area (Å²) in [4.78, 5) is 13.9. The zero-order valence-corrected chi connectivity index (χ0v) is 12.2. The highest BCUT2D eigenvalue weighted by Gasteiger charge is 2.27. The fourth-order valence-electron chi connectivity index (χ4n) is 1.72. The van der Waals surface area contributed by atoms with Gasteiger partial charge in [0.05, 0.1) is 16.5 Å². The minimum atomic E-state index is -1.26. The number of aromatic nitrogens is 1. The summed E-state index contributed by atoms with van der Waals surface area (Å²) in [5.41, 5.74) is -1.46. The van der Waals surface area contributed by atoms with E-state index >= 15 is 0 Å². The Hall–Kier alpha value is -2.12. The lowest BCUT2D eigenvalue weighted by molar-refractivity contribution is -0.385.